The van der Waals surface area contributed by atoms with Gasteiger partial charge in [-0.15, -0.1) is 0 Å². The average molecular weight is 249 g/mol. The smallest absolute Gasteiger partial charge is 0.221 e. The third-order valence-corrected chi connectivity index (χ3v) is 2.16. The molecule has 2 aromatic heterocycles. The molecule has 2 aromatic rings. The van der Waals surface area contributed by atoms with Gasteiger partial charge in [0, 0.05) is 24.7 Å². The molecule has 0 aromatic carbocycles. The topological polar surface area (TPSA) is 104 Å². The van der Waals surface area contributed by atoms with Crippen LogP contribution < -0.4 is 11.5 Å². The van der Waals surface area contributed by atoms with Gasteiger partial charge in [-0.1, -0.05) is 11.6 Å². The molecule has 86 valence electrons. The van der Waals surface area contributed by atoms with Crippen LogP contribution >= 0.6 is 11.6 Å². The van der Waals surface area contributed by atoms with Gasteiger partial charge in [0.15, 0.2) is 5.82 Å². The molecule has 4 N–H and O–H groups in total. The zero-order valence-electron chi connectivity index (χ0n) is 8.71. The fourth-order valence-electron chi connectivity index (χ4n) is 1.29. The molecular weight excluding hydrogens is 240 g/mol. The summed E-state index contributed by atoms with van der Waals surface area (Å²) in [6.07, 6.45) is 4.57. The molecule has 7 heteroatoms. The van der Waals surface area contributed by atoms with E-state index < -0.39 is 0 Å². The van der Waals surface area contributed by atoms with E-state index in [1.165, 1.54) is 6.20 Å². The van der Waals surface area contributed by atoms with Gasteiger partial charge in [0.05, 0.1) is 11.3 Å². The highest BCUT2D eigenvalue weighted by molar-refractivity contribution is 6.29. The number of nitrogens with two attached hydrogens (primary N) is 2. The van der Waals surface area contributed by atoms with Gasteiger partial charge in [-0.3, -0.25) is 0 Å². The fourth-order valence-corrected chi connectivity index (χ4v) is 1.48. The minimum absolute atomic E-state index is 0.0720. The van der Waals surface area contributed by atoms with Crippen LogP contribution in [0.5, 0.6) is 0 Å². The number of halogens is 1. The number of aromatic nitrogens is 4. The average Bonchev–Trinajstić information content (AvgIpc) is 2.30. The Bertz CT molecular complexity index is 534. The van der Waals surface area contributed by atoms with E-state index in [0.717, 1.165) is 0 Å². The Labute approximate surface area is 102 Å². The number of nitrogen functional groups attached to an aromatic ring is 1. The van der Waals surface area contributed by atoms with Crippen LogP contribution in [0.3, 0.4) is 0 Å². The molecule has 0 aliphatic carbocycles. The Balaban J connectivity index is 2.51. The monoisotopic (exact) mass is 248 g/mol. The zero-order valence-corrected chi connectivity index (χ0v) is 9.46. The van der Waals surface area contributed by atoms with Crippen molar-refractivity contribution < 1.29 is 0 Å². The lowest BCUT2D eigenvalue weighted by molar-refractivity contribution is 1.09. The quantitative estimate of drug-likeness (QED) is 0.764. The first-order valence-electron chi connectivity index (χ1n) is 4.70. The minimum Gasteiger partial charge on any atom is -0.404 e. The van der Waals surface area contributed by atoms with Gasteiger partial charge in [0.2, 0.25) is 5.95 Å². The van der Waals surface area contributed by atoms with Crippen LogP contribution in [0.1, 0.15) is 11.5 Å². The third-order valence-electron chi connectivity index (χ3n) is 1.96. The van der Waals surface area contributed by atoms with E-state index in [0.29, 0.717) is 17.1 Å². The van der Waals surface area contributed by atoms with Gasteiger partial charge in [0.25, 0.3) is 0 Å². The Morgan fingerprint density at radius 3 is 2.53 bits per heavy atom. The summed E-state index contributed by atoms with van der Waals surface area (Å²) < 4.78 is 0. The van der Waals surface area contributed by atoms with Gasteiger partial charge < -0.3 is 11.5 Å². The van der Waals surface area contributed by atoms with E-state index in [2.05, 4.69) is 19.9 Å². The van der Waals surface area contributed by atoms with Crippen molar-refractivity contribution in [3.63, 3.8) is 0 Å². The molecule has 0 spiro atoms. The number of anilines is 1. The summed E-state index contributed by atoms with van der Waals surface area (Å²) in [4.78, 5) is 16.0. The molecule has 0 radical (unpaired) electrons. The minimum atomic E-state index is 0.0720. The summed E-state index contributed by atoms with van der Waals surface area (Å²) in [5.74, 6) is 0.520. The highest BCUT2D eigenvalue weighted by Gasteiger charge is 2.10. The molecule has 0 amide bonds. The maximum absolute atomic E-state index is 5.80. The molecule has 2 heterocycles. The predicted octanol–water partition coefficient (Wildman–Crippen LogP) is 0.850. The molecule has 6 nitrogen and oxygen atoms in total. The maximum atomic E-state index is 5.80. The van der Waals surface area contributed by atoms with Crippen LogP contribution in [0, 0.1) is 0 Å². The summed E-state index contributed by atoms with van der Waals surface area (Å²) in [6, 6.07) is 3.26. The van der Waals surface area contributed by atoms with Crippen molar-refractivity contribution in [2.45, 2.75) is 0 Å². The van der Waals surface area contributed by atoms with Crippen molar-refractivity contribution >= 4 is 23.1 Å². The van der Waals surface area contributed by atoms with Crippen molar-refractivity contribution in [1.82, 2.24) is 19.9 Å². The number of hydrogen-bond donors (Lipinski definition) is 2. The van der Waals surface area contributed by atoms with Crippen molar-refractivity contribution in [2.75, 3.05) is 5.73 Å². The Hall–Kier alpha value is -2.21. The van der Waals surface area contributed by atoms with Crippen LogP contribution in [-0.2, 0) is 0 Å². The molecule has 0 aliphatic rings. The summed E-state index contributed by atoms with van der Waals surface area (Å²) in [5.41, 5.74) is 12.1. The second-order valence-corrected chi connectivity index (χ2v) is 3.47. The highest BCUT2D eigenvalue weighted by atomic mass is 35.5. The van der Waals surface area contributed by atoms with Gasteiger partial charge in [-0.05, 0) is 6.07 Å². The first-order chi connectivity index (χ1) is 8.20. The van der Waals surface area contributed by atoms with E-state index in [-0.39, 0.29) is 11.1 Å². The van der Waals surface area contributed by atoms with Gasteiger partial charge in [0.1, 0.15) is 5.15 Å². The van der Waals surface area contributed by atoms with Gasteiger partial charge >= 0.3 is 0 Å². The summed E-state index contributed by atoms with van der Waals surface area (Å²) >= 11 is 5.80. The van der Waals surface area contributed by atoms with Crippen LogP contribution in [0.15, 0.2) is 30.7 Å². The van der Waals surface area contributed by atoms with Crippen LogP contribution in [-0.4, -0.2) is 19.9 Å². The Morgan fingerprint density at radius 2 is 1.94 bits per heavy atom. The molecule has 0 unspecified atom stereocenters. The lowest BCUT2D eigenvalue weighted by Gasteiger charge is -2.05. The van der Waals surface area contributed by atoms with Crippen molar-refractivity contribution in [3.05, 3.63) is 47.4 Å². The summed E-state index contributed by atoms with van der Waals surface area (Å²) in [6.45, 7) is 0. The second kappa shape index (κ2) is 4.75. The van der Waals surface area contributed by atoms with E-state index in [9.17, 15) is 0 Å². The lowest BCUT2D eigenvalue weighted by atomic mass is 10.2. The Morgan fingerprint density at radius 1 is 1.24 bits per heavy atom. The number of nitrogens with zero attached hydrogens (tertiary/aromatic N) is 4. The largest absolute Gasteiger partial charge is 0.404 e. The summed E-state index contributed by atoms with van der Waals surface area (Å²) in [7, 11) is 0. The molecule has 0 bridgehead atoms. The highest BCUT2D eigenvalue weighted by Crippen LogP contribution is 2.20. The van der Waals surface area contributed by atoms with Gasteiger partial charge in [-0.2, -0.15) is 0 Å². The third kappa shape index (κ3) is 2.48. The molecule has 17 heavy (non-hydrogen) atoms. The van der Waals surface area contributed by atoms with E-state index in [4.69, 9.17) is 23.1 Å². The first kappa shape index (κ1) is 11.3. The van der Waals surface area contributed by atoms with Gasteiger partial charge in [-0.25, -0.2) is 19.9 Å². The second-order valence-electron chi connectivity index (χ2n) is 3.09. The molecule has 0 saturated heterocycles. The predicted molar refractivity (Wildman–Crippen MR) is 64.8 cm³/mol. The molecule has 0 aliphatic heterocycles. The molecule has 2 rings (SSSR count). The maximum Gasteiger partial charge on any atom is 0.221 e. The number of hydrogen-bond acceptors (Lipinski definition) is 6. The van der Waals surface area contributed by atoms with Crippen LogP contribution in [0.4, 0.5) is 5.95 Å². The molecule has 0 atom stereocenters. The lowest BCUT2D eigenvalue weighted by Crippen LogP contribution is -2.03. The SMILES string of the molecule is NC=C(c1cc(Cl)nc(N)n1)c1ncccn1. The van der Waals surface area contributed by atoms with Crippen LogP contribution in [0.2, 0.25) is 5.15 Å². The fraction of sp³-hybridized carbons (Fsp3) is 0. The molecule has 0 saturated carbocycles. The van der Waals surface area contributed by atoms with Crippen molar-refractivity contribution in [2.24, 2.45) is 5.73 Å². The molecular formula is C10H9ClN6. The van der Waals surface area contributed by atoms with Crippen molar-refractivity contribution in [3.8, 4) is 0 Å². The first-order valence-corrected chi connectivity index (χ1v) is 5.08. The normalized spacial score (nSPS) is 11.5. The van der Waals surface area contributed by atoms with E-state index in [1.807, 2.05) is 0 Å². The van der Waals surface area contributed by atoms with Crippen LogP contribution in [0.25, 0.3) is 5.57 Å². The zero-order chi connectivity index (χ0) is 12.3. The van der Waals surface area contributed by atoms with E-state index >= 15 is 0 Å². The standard InChI is InChI=1S/C10H9ClN6/c11-8-4-7(16-10(13)17-8)6(5-12)9-14-2-1-3-15-9/h1-5H,12H2,(H2,13,16,17). The Kier molecular flexibility index (Phi) is 3.15. The molecule has 0 fully saturated rings. The number of rotatable bonds is 2. The van der Waals surface area contributed by atoms with Crippen molar-refractivity contribution in [1.29, 1.82) is 0 Å². The van der Waals surface area contributed by atoms with E-state index in [1.54, 1.807) is 24.5 Å². The summed E-state index contributed by atoms with van der Waals surface area (Å²) in [5, 5.41) is 0.239.